The number of nitrogens with one attached hydrogen (secondary N) is 1. The Hall–Kier alpha value is -2.66. The second-order valence-corrected chi connectivity index (χ2v) is 7.03. The number of carbonyl (C=O) groups is 2. The van der Waals surface area contributed by atoms with Crippen molar-refractivity contribution in [3.8, 4) is 11.1 Å². The van der Waals surface area contributed by atoms with Crippen molar-refractivity contribution in [2.24, 2.45) is 11.8 Å². The Balaban J connectivity index is 1.68. The van der Waals surface area contributed by atoms with Crippen LogP contribution in [0.4, 0.5) is 5.69 Å². The Morgan fingerprint density at radius 3 is 2.50 bits per heavy atom. The predicted molar refractivity (Wildman–Crippen MR) is 102 cm³/mol. The summed E-state index contributed by atoms with van der Waals surface area (Å²) in [4.78, 5) is 25.8. The number of rotatable bonds is 5. The summed E-state index contributed by atoms with van der Waals surface area (Å²) in [5, 5.41) is 12.3. The molecule has 1 amide bonds. The number of nitrogens with zero attached hydrogens (tertiary/aromatic N) is 1. The largest absolute Gasteiger partial charge is 0.481 e. The van der Waals surface area contributed by atoms with Gasteiger partial charge in [0.05, 0.1) is 12.5 Å². The predicted octanol–water partition coefficient (Wildman–Crippen LogP) is 3.33. The molecule has 5 heteroatoms. The fourth-order valence-electron chi connectivity index (χ4n) is 3.62. The zero-order chi connectivity index (χ0) is 18.5. The molecule has 2 aromatic rings. The van der Waals surface area contributed by atoms with Crippen molar-refractivity contribution in [1.29, 1.82) is 0 Å². The number of carboxylic acid groups (broad SMARTS) is 1. The molecule has 1 heterocycles. The summed E-state index contributed by atoms with van der Waals surface area (Å²) in [5.41, 5.74) is 2.78. The monoisotopic (exact) mass is 352 g/mol. The summed E-state index contributed by atoms with van der Waals surface area (Å²) in [6, 6.07) is 17.6. The number of anilines is 1. The number of hydrogen-bond donors (Lipinski definition) is 2. The lowest BCUT2D eigenvalue weighted by molar-refractivity contribution is -0.144. The van der Waals surface area contributed by atoms with Crippen LogP contribution < -0.4 is 5.32 Å². The number of carbonyl (C=O) groups excluding carboxylic acids is 1. The van der Waals surface area contributed by atoms with E-state index >= 15 is 0 Å². The van der Waals surface area contributed by atoms with E-state index in [2.05, 4.69) is 5.32 Å². The maximum atomic E-state index is 12.5. The van der Waals surface area contributed by atoms with Gasteiger partial charge in [0.1, 0.15) is 0 Å². The van der Waals surface area contributed by atoms with Gasteiger partial charge in [-0.3, -0.25) is 14.5 Å². The standard InChI is InChI=1S/C21H24N2O3/c1-15-11-17(21(25)26)13-23(12-15)14-20(24)22-19-10-6-5-9-18(19)16-7-3-2-4-8-16/h2-10,15,17H,11-14H2,1H3,(H,22,24)(H,25,26). The van der Waals surface area contributed by atoms with Crippen LogP contribution in [0.25, 0.3) is 11.1 Å². The molecule has 1 aliphatic heterocycles. The van der Waals surface area contributed by atoms with Crippen LogP contribution >= 0.6 is 0 Å². The van der Waals surface area contributed by atoms with Gasteiger partial charge in [0.2, 0.25) is 5.91 Å². The van der Waals surface area contributed by atoms with Crippen molar-refractivity contribution < 1.29 is 14.7 Å². The summed E-state index contributed by atoms with van der Waals surface area (Å²) in [6.45, 7) is 3.41. The SMILES string of the molecule is CC1CC(C(=O)O)CN(CC(=O)Nc2ccccc2-c2ccccc2)C1. The number of para-hydroxylation sites is 1. The second kappa shape index (κ2) is 8.15. The maximum Gasteiger partial charge on any atom is 0.307 e. The molecular formula is C21H24N2O3. The quantitative estimate of drug-likeness (QED) is 0.866. The first-order valence-electron chi connectivity index (χ1n) is 8.92. The normalized spacial score (nSPS) is 20.5. The van der Waals surface area contributed by atoms with E-state index in [1.165, 1.54) is 0 Å². The summed E-state index contributed by atoms with van der Waals surface area (Å²) in [7, 11) is 0. The van der Waals surface area contributed by atoms with Gasteiger partial charge < -0.3 is 10.4 Å². The molecular weight excluding hydrogens is 328 g/mol. The van der Waals surface area contributed by atoms with Crippen molar-refractivity contribution in [2.75, 3.05) is 25.0 Å². The molecule has 2 N–H and O–H groups in total. The smallest absolute Gasteiger partial charge is 0.307 e. The van der Waals surface area contributed by atoms with Crippen LogP contribution in [0.3, 0.4) is 0 Å². The average Bonchev–Trinajstić information content (AvgIpc) is 2.62. The van der Waals surface area contributed by atoms with Gasteiger partial charge in [0.25, 0.3) is 0 Å². The van der Waals surface area contributed by atoms with Gasteiger partial charge >= 0.3 is 5.97 Å². The van der Waals surface area contributed by atoms with Gasteiger partial charge in [-0.1, -0.05) is 55.5 Å². The first kappa shape index (κ1) is 18.1. The average molecular weight is 352 g/mol. The Kier molecular flexibility index (Phi) is 5.68. The molecule has 0 radical (unpaired) electrons. The van der Waals surface area contributed by atoms with E-state index in [0.717, 1.165) is 23.4 Å². The van der Waals surface area contributed by atoms with E-state index in [-0.39, 0.29) is 18.4 Å². The molecule has 2 atom stereocenters. The Labute approximate surface area is 153 Å². The van der Waals surface area contributed by atoms with Gasteiger partial charge in [-0.2, -0.15) is 0 Å². The molecule has 0 aromatic heterocycles. The molecule has 2 unspecified atom stereocenters. The topological polar surface area (TPSA) is 69.6 Å². The molecule has 5 nitrogen and oxygen atoms in total. The molecule has 3 rings (SSSR count). The molecule has 0 aliphatic carbocycles. The highest BCUT2D eigenvalue weighted by atomic mass is 16.4. The van der Waals surface area contributed by atoms with Crippen molar-refractivity contribution in [3.63, 3.8) is 0 Å². The number of hydrogen-bond acceptors (Lipinski definition) is 3. The highest BCUT2D eigenvalue weighted by Gasteiger charge is 2.30. The molecule has 0 saturated carbocycles. The second-order valence-electron chi connectivity index (χ2n) is 7.03. The fraction of sp³-hybridized carbons (Fsp3) is 0.333. The van der Waals surface area contributed by atoms with Crippen molar-refractivity contribution in [2.45, 2.75) is 13.3 Å². The highest BCUT2D eigenvalue weighted by Crippen LogP contribution is 2.27. The first-order chi connectivity index (χ1) is 12.5. The van der Waals surface area contributed by atoms with Crippen LogP contribution in [0.15, 0.2) is 54.6 Å². The summed E-state index contributed by atoms with van der Waals surface area (Å²) in [5.74, 6) is -1.03. The summed E-state index contributed by atoms with van der Waals surface area (Å²) in [6.07, 6.45) is 0.671. The van der Waals surface area contributed by atoms with Crippen LogP contribution in [0.1, 0.15) is 13.3 Å². The van der Waals surface area contributed by atoms with Crippen LogP contribution in [0, 0.1) is 11.8 Å². The van der Waals surface area contributed by atoms with E-state index in [4.69, 9.17) is 0 Å². The minimum absolute atomic E-state index is 0.119. The van der Waals surface area contributed by atoms with Crippen LogP contribution in [0.5, 0.6) is 0 Å². The van der Waals surface area contributed by atoms with Gasteiger partial charge in [-0.05, 0) is 24.0 Å². The Bertz CT molecular complexity index is 776. The number of likely N-dealkylation sites (tertiary alicyclic amines) is 1. The molecule has 1 saturated heterocycles. The summed E-state index contributed by atoms with van der Waals surface area (Å²) < 4.78 is 0. The molecule has 0 bridgehead atoms. The third kappa shape index (κ3) is 4.49. The van der Waals surface area contributed by atoms with Crippen LogP contribution in [-0.2, 0) is 9.59 Å². The number of piperidine rings is 1. The minimum Gasteiger partial charge on any atom is -0.481 e. The van der Waals surface area contributed by atoms with E-state index in [0.29, 0.717) is 13.0 Å². The number of amides is 1. The van der Waals surface area contributed by atoms with Gasteiger partial charge in [-0.25, -0.2) is 0 Å². The number of benzene rings is 2. The zero-order valence-electron chi connectivity index (χ0n) is 14.9. The van der Waals surface area contributed by atoms with Crippen molar-refractivity contribution in [1.82, 2.24) is 4.90 Å². The highest BCUT2D eigenvalue weighted by molar-refractivity contribution is 5.96. The lowest BCUT2D eigenvalue weighted by Crippen LogP contribution is -2.45. The third-order valence-corrected chi connectivity index (χ3v) is 4.74. The van der Waals surface area contributed by atoms with Crippen LogP contribution in [-0.4, -0.2) is 41.5 Å². The lowest BCUT2D eigenvalue weighted by atomic mass is 9.90. The number of carboxylic acids is 1. The van der Waals surface area contributed by atoms with Crippen LogP contribution in [0.2, 0.25) is 0 Å². The first-order valence-corrected chi connectivity index (χ1v) is 8.92. The van der Waals surface area contributed by atoms with Crippen molar-refractivity contribution in [3.05, 3.63) is 54.6 Å². The van der Waals surface area contributed by atoms with E-state index in [1.54, 1.807) is 0 Å². The number of aliphatic carboxylic acids is 1. The molecule has 136 valence electrons. The molecule has 1 fully saturated rings. The minimum atomic E-state index is -0.781. The third-order valence-electron chi connectivity index (χ3n) is 4.74. The van der Waals surface area contributed by atoms with Crippen molar-refractivity contribution >= 4 is 17.6 Å². The fourth-order valence-corrected chi connectivity index (χ4v) is 3.62. The lowest BCUT2D eigenvalue weighted by Gasteiger charge is -2.34. The van der Waals surface area contributed by atoms with E-state index in [1.807, 2.05) is 66.4 Å². The van der Waals surface area contributed by atoms with Gasteiger partial charge in [0.15, 0.2) is 0 Å². The maximum absolute atomic E-state index is 12.5. The zero-order valence-corrected chi connectivity index (χ0v) is 14.9. The molecule has 0 spiro atoms. The Morgan fingerprint density at radius 1 is 1.08 bits per heavy atom. The summed E-state index contributed by atoms with van der Waals surface area (Å²) >= 11 is 0. The Morgan fingerprint density at radius 2 is 1.77 bits per heavy atom. The molecule has 2 aromatic carbocycles. The van der Waals surface area contributed by atoms with E-state index in [9.17, 15) is 14.7 Å². The molecule has 1 aliphatic rings. The van der Waals surface area contributed by atoms with E-state index < -0.39 is 11.9 Å². The van der Waals surface area contributed by atoms with Gasteiger partial charge in [0, 0.05) is 24.3 Å². The molecule has 26 heavy (non-hydrogen) atoms. The van der Waals surface area contributed by atoms with Gasteiger partial charge in [-0.15, -0.1) is 0 Å².